The van der Waals surface area contributed by atoms with E-state index in [9.17, 15) is 9.59 Å². The van der Waals surface area contributed by atoms with Crippen molar-refractivity contribution in [2.75, 3.05) is 36.9 Å². The first kappa shape index (κ1) is 22.6. The maximum Gasteiger partial charge on any atom is 0.257 e. The van der Waals surface area contributed by atoms with Crippen LogP contribution < -0.4 is 10.6 Å². The van der Waals surface area contributed by atoms with Gasteiger partial charge in [0.05, 0.1) is 18.9 Å². The summed E-state index contributed by atoms with van der Waals surface area (Å²) in [5, 5.41) is 10.3. The number of benzene rings is 1. The summed E-state index contributed by atoms with van der Waals surface area (Å²) in [6.07, 6.45) is 2.14. The summed E-state index contributed by atoms with van der Waals surface area (Å²) in [5.74, 6) is -0.294. The van der Waals surface area contributed by atoms with Gasteiger partial charge in [-0.05, 0) is 42.5 Å². The average Bonchev–Trinajstić information content (AvgIpc) is 3.47. The number of ether oxygens (including phenoxy) is 1. The quantitative estimate of drug-likeness (QED) is 0.488. The third kappa shape index (κ3) is 6.70. The number of carbonyl (C=O) groups is 2. The van der Waals surface area contributed by atoms with E-state index < -0.39 is 0 Å². The minimum absolute atomic E-state index is 0.0493. The van der Waals surface area contributed by atoms with Gasteiger partial charge in [-0.3, -0.25) is 19.8 Å². The summed E-state index contributed by atoms with van der Waals surface area (Å²) in [4.78, 5) is 33.0. The van der Waals surface area contributed by atoms with Crippen molar-refractivity contribution in [2.45, 2.75) is 25.8 Å². The predicted molar refractivity (Wildman–Crippen MR) is 128 cm³/mol. The first-order valence-electron chi connectivity index (χ1n) is 10.6. The van der Waals surface area contributed by atoms with Crippen LogP contribution in [0.3, 0.4) is 0 Å². The zero-order valence-electron chi connectivity index (χ0n) is 17.7. The molecule has 7 nitrogen and oxygen atoms in total. The van der Waals surface area contributed by atoms with Crippen LogP contribution in [0, 0.1) is 0 Å². The third-order valence-corrected chi connectivity index (χ3v) is 6.82. The number of nitrogens with zero attached hydrogens (tertiary/aromatic N) is 2. The molecule has 0 saturated carbocycles. The summed E-state index contributed by atoms with van der Waals surface area (Å²) >= 11 is 3.12. The number of aryl methyl sites for hydroxylation is 1. The van der Waals surface area contributed by atoms with Crippen molar-refractivity contribution in [3.05, 3.63) is 63.3 Å². The maximum absolute atomic E-state index is 12.7. The van der Waals surface area contributed by atoms with E-state index in [1.807, 2.05) is 16.8 Å². The van der Waals surface area contributed by atoms with E-state index in [1.54, 1.807) is 35.6 Å². The molecule has 4 rings (SSSR count). The second-order valence-corrected chi connectivity index (χ2v) is 9.44. The zero-order chi connectivity index (χ0) is 22.2. The van der Waals surface area contributed by atoms with Crippen molar-refractivity contribution in [2.24, 2.45) is 0 Å². The standard InChI is InChI=1S/C23H26N4O3S2/c28-21(8-2-6-20-7-3-13-31-20)24-18-5-1-4-17(14-18)22(29)26-23-25-19(16-32-23)15-27-9-11-30-12-10-27/h1,3-5,7,13-14,16H,2,6,8-12,15H2,(H,24,28)(H,25,26,29). The fourth-order valence-electron chi connectivity index (χ4n) is 3.43. The number of amides is 2. The predicted octanol–water partition coefficient (Wildman–Crippen LogP) is 4.25. The second-order valence-electron chi connectivity index (χ2n) is 7.55. The fourth-order valence-corrected chi connectivity index (χ4v) is 4.88. The van der Waals surface area contributed by atoms with Gasteiger partial charge in [0, 0.05) is 47.6 Å². The number of aromatic nitrogens is 1. The molecule has 0 unspecified atom stereocenters. The number of thiazole rings is 1. The lowest BCUT2D eigenvalue weighted by Crippen LogP contribution is -2.35. The van der Waals surface area contributed by atoms with Crippen molar-refractivity contribution >= 4 is 45.3 Å². The Bertz CT molecular complexity index is 1030. The molecular formula is C23H26N4O3S2. The van der Waals surface area contributed by atoms with Crippen molar-refractivity contribution < 1.29 is 14.3 Å². The molecule has 3 aromatic rings. The summed E-state index contributed by atoms with van der Waals surface area (Å²) in [6, 6.07) is 11.1. The Kier molecular flexibility index (Phi) is 8.00. The molecule has 0 spiro atoms. The van der Waals surface area contributed by atoms with Crippen molar-refractivity contribution in [3.63, 3.8) is 0 Å². The van der Waals surface area contributed by atoms with Gasteiger partial charge in [-0.25, -0.2) is 4.98 Å². The lowest BCUT2D eigenvalue weighted by atomic mass is 10.1. The van der Waals surface area contributed by atoms with Crippen LogP contribution in [0.2, 0.25) is 0 Å². The van der Waals surface area contributed by atoms with Gasteiger partial charge >= 0.3 is 0 Å². The molecule has 1 aliphatic heterocycles. The topological polar surface area (TPSA) is 83.6 Å². The Morgan fingerprint density at radius 2 is 1.97 bits per heavy atom. The minimum Gasteiger partial charge on any atom is -0.379 e. The smallest absolute Gasteiger partial charge is 0.257 e. The van der Waals surface area contributed by atoms with Gasteiger partial charge in [0.15, 0.2) is 5.13 Å². The van der Waals surface area contributed by atoms with Crippen LogP contribution in [0.15, 0.2) is 47.2 Å². The molecular weight excluding hydrogens is 444 g/mol. The second kappa shape index (κ2) is 11.3. The molecule has 0 atom stereocenters. The van der Waals surface area contributed by atoms with E-state index in [4.69, 9.17) is 4.74 Å². The first-order chi connectivity index (χ1) is 15.7. The van der Waals surface area contributed by atoms with Crippen LogP contribution in [0.1, 0.15) is 33.8 Å². The molecule has 1 aromatic carbocycles. The molecule has 3 heterocycles. The summed E-state index contributed by atoms with van der Waals surface area (Å²) in [7, 11) is 0. The molecule has 1 fully saturated rings. The van der Waals surface area contributed by atoms with E-state index in [0.29, 0.717) is 22.8 Å². The van der Waals surface area contributed by atoms with E-state index >= 15 is 0 Å². The maximum atomic E-state index is 12.7. The Morgan fingerprint density at radius 1 is 1.09 bits per heavy atom. The SMILES string of the molecule is O=C(CCCc1cccs1)Nc1cccc(C(=O)Nc2nc(CN3CCOCC3)cs2)c1. The van der Waals surface area contributed by atoms with Crippen LogP contribution in [0.5, 0.6) is 0 Å². The number of nitrogens with one attached hydrogen (secondary N) is 2. The molecule has 0 bridgehead atoms. The Balaban J connectivity index is 1.27. The average molecular weight is 471 g/mol. The van der Waals surface area contributed by atoms with Gasteiger partial charge in [-0.1, -0.05) is 12.1 Å². The molecule has 2 N–H and O–H groups in total. The highest BCUT2D eigenvalue weighted by Gasteiger charge is 2.14. The highest BCUT2D eigenvalue weighted by molar-refractivity contribution is 7.14. The Hall–Kier alpha value is -2.59. The lowest BCUT2D eigenvalue weighted by molar-refractivity contribution is -0.116. The summed E-state index contributed by atoms with van der Waals surface area (Å²) < 4.78 is 5.37. The Morgan fingerprint density at radius 3 is 2.78 bits per heavy atom. The number of rotatable bonds is 9. The van der Waals surface area contributed by atoms with E-state index in [-0.39, 0.29) is 11.8 Å². The molecule has 32 heavy (non-hydrogen) atoms. The molecule has 0 radical (unpaired) electrons. The summed E-state index contributed by atoms with van der Waals surface area (Å²) in [5.41, 5.74) is 2.04. The third-order valence-electron chi connectivity index (χ3n) is 5.08. The zero-order valence-corrected chi connectivity index (χ0v) is 19.3. The largest absolute Gasteiger partial charge is 0.379 e. The highest BCUT2D eigenvalue weighted by atomic mass is 32.1. The monoisotopic (exact) mass is 470 g/mol. The number of anilines is 2. The number of hydrogen-bond donors (Lipinski definition) is 2. The van der Waals surface area contributed by atoms with Crippen LogP contribution >= 0.6 is 22.7 Å². The van der Waals surface area contributed by atoms with Gasteiger partial charge in [0.2, 0.25) is 5.91 Å². The van der Waals surface area contributed by atoms with Crippen LogP contribution in [-0.4, -0.2) is 48.0 Å². The first-order valence-corrected chi connectivity index (χ1v) is 12.4. The Labute approximate surface area is 195 Å². The molecule has 9 heteroatoms. The van der Waals surface area contributed by atoms with Crippen molar-refractivity contribution in [1.29, 1.82) is 0 Å². The van der Waals surface area contributed by atoms with Crippen LogP contribution in [0.25, 0.3) is 0 Å². The molecule has 0 aliphatic carbocycles. The normalized spacial score (nSPS) is 14.2. The van der Waals surface area contributed by atoms with E-state index in [1.165, 1.54) is 16.2 Å². The van der Waals surface area contributed by atoms with E-state index in [0.717, 1.165) is 51.4 Å². The number of thiophene rings is 1. The summed E-state index contributed by atoms with van der Waals surface area (Å²) in [6.45, 7) is 4.03. The fraction of sp³-hybridized carbons (Fsp3) is 0.348. The number of morpholine rings is 1. The number of carbonyl (C=O) groups excluding carboxylic acids is 2. The highest BCUT2D eigenvalue weighted by Crippen LogP contribution is 2.19. The molecule has 1 aliphatic rings. The minimum atomic E-state index is -0.244. The van der Waals surface area contributed by atoms with Gasteiger partial charge in [0.25, 0.3) is 5.91 Å². The lowest BCUT2D eigenvalue weighted by Gasteiger charge is -2.25. The molecule has 1 saturated heterocycles. The van der Waals surface area contributed by atoms with E-state index in [2.05, 4.69) is 26.6 Å². The molecule has 2 aromatic heterocycles. The van der Waals surface area contributed by atoms with Crippen molar-refractivity contribution in [1.82, 2.24) is 9.88 Å². The number of hydrogen-bond acceptors (Lipinski definition) is 7. The van der Waals surface area contributed by atoms with Gasteiger partial charge in [-0.2, -0.15) is 0 Å². The van der Waals surface area contributed by atoms with Gasteiger partial charge in [0.1, 0.15) is 0 Å². The van der Waals surface area contributed by atoms with Crippen molar-refractivity contribution in [3.8, 4) is 0 Å². The van der Waals surface area contributed by atoms with Gasteiger partial charge < -0.3 is 10.1 Å². The van der Waals surface area contributed by atoms with Crippen LogP contribution in [-0.2, 0) is 22.5 Å². The molecule has 2 amide bonds. The molecule has 168 valence electrons. The van der Waals surface area contributed by atoms with Gasteiger partial charge in [-0.15, -0.1) is 22.7 Å². The van der Waals surface area contributed by atoms with Crippen LogP contribution in [0.4, 0.5) is 10.8 Å².